The molecule has 3 unspecified atom stereocenters. The second-order valence-electron chi connectivity index (χ2n) is 8.90. The monoisotopic (exact) mass is 535 g/mol. The minimum Gasteiger partial charge on any atom is -0.379 e. The summed E-state index contributed by atoms with van der Waals surface area (Å²) in [5, 5.41) is 11.6. The first kappa shape index (κ1) is 26.2. The average molecular weight is 536 g/mol. The summed E-state index contributed by atoms with van der Waals surface area (Å²) in [6.07, 6.45) is -2.94. The van der Waals surface area contributed by atoms with E-state index >= 15 is 0 Å². The highest BCUT2D eigenvalue weighted by atomic mass is 32.2. The maximum absolute atomic E-state index is 13.2. The lowest BCUT2D eigenvalue weighted by atomic mass is 9.99. The summed E-state index contributed by atoms with van der Waals surface area (Å²) >= 11 is 1.15. The fraction of sp³-hybridized carbons (Fsp3) is 0.619. The number of morpholine rings is 1. The van der Waals surface area contributed by atoms with Gasteiger partial charge >= 0.3 is 6.18 Å². The lowest BCUT2D eigenvalue weighted by molar-refractivity contribution is -0.259. The molecule has 2 aromatic rings. The van der Waals surface area contributed by atoms with Gasteiger partial charge in [0, 0.05) is 56.7 Å². The minimum absolute atomic E-state index is 0.125. The van der Waals surface area contributed by atoms with E-state index in [1.165, 1.54) is 4.31 Å². The summed E-state index contributed by atoms with van der Waals surface area (Å²) in [5.74, 6) is 0.186. The van der Waals surface area contributed by atoms with Gasteiger partial charge in [-0.1, -0.05) is 6.07 Å². The molecule has 0 spiro atoms. The van der Waals surface area contributed by atoms with Gasteiger partial charge in [0.2, 0.25) is 5.95 Å². The number of rotatable bonds is 6. The number of thiophene rings is 1. The molecule has 3 atom stereocenters. The quantitative estimate of drug-likeness (QED) is 0.599. The van der Waals surface area contributed by atoms with Crippen molar-refractivity contribution in [2.75, 3.05) is 50.8 Å². The third-order valence-electron chi connectivity index (χ3n) is 6.49. The molecule has 9 nitrogen and oxygen atoms in total. The smallest absolute Gasteiger partial charge is 0.379 e. The van der Waals surface area contributed by atoms with Crippen LogP contribution in [0.3, 0.4) is 0 Å². The summed E-state index contributed by atoms with van der Waals surface area (Å²) in [6, 6.07) is 3.04. The SMILES string of the molecule is CC1COCCN1CC1CN(S(=O)(=O)c2cccs2)CCN1c1ncc(C(C)(O)C(F)(F)F)cn1. The zero-order valence-electron chi connectivity index (χ0n) is 19.3. The zero-order valence-corrected chi connectivity index (χ0v) is 21.0. The highest BCUT2D eigenvalue weighted by molar-refractivity contribution is 7.91. The average Bonchev–Trinajstić information content (AvgIpc) is 3.36. The molecule has 2 saturated heterocycles. The topological polar surface area (TPSA) is 99.1 Å². The Balaban J connectivity index is 1.60. The Hall–Kier alpha value is -1.84. The summed E-state index contributed by atoms with van der Waals surface area (Å²) in [7, 11) is -3.67. The number of piperazine rings is 1. The van der Waals surface area contributed by atoms with Crippen LogP contribution in [0.5, 0.6) is 0 Å². The second-order valence-corrected chi connectivity index (χ2v) is 12.0. The van der Waals surface area contributed by atoms with Gasteiger partial charge in [-0.05, 0) is 25.3 Å². The first-order chi connectivity index (χ1) is 16.4. The number of anilines is 1. The Kier molecular flexibility index (Phi) is 7.42. The molecule has 2 fully saturated rings. The van der Waals surface area contributed by atoms with Crippen LogP contribution in [0.2, 0.25) is 0 Å². The van der Waals surface area contributed by atoms with Gasteiger partial charge in [0.05, 0.1) is 19.3 Å². The molecule has 194 valence electrons. The zero-order chi connectivity index (χ0) is 25.4. The summed E-state index contributed by atoms with van der Waals surface area (Å²) in [4.78, 5) is 12.3. The minimum atomic E-state index is -4.88. The molecule has 14 heteroatoms. The van der Waals surface area contributed by atoms with Gasteiger partial charge in [0.1, 0.15) is 4.21 Å². The van der Waals surface area contributed by atoms with E-state index in [4.69, 9.17) is 4.74 Å². The van der Waals surface area contributed by atoms with Crippen molar-refractivity contribution >= 4 is 27.3 Å². The van der Waals surface area contributed by atoms with Gasteiger partial charge in [-0.3, -0.25) is 4.90 Å². The van der Waals surface area contributed by atoms with Crippen LogP contribution in [0.1, 0.15) is 19.4 Å². The number of aromatic nitrogens is 2. The second kappa shape index (κ2) is 9.90. The van der Waals surface area contributed by atoms with E-state index in [0.717, 1.165) is 23.7 Å². The maximum Gasteiger partial charge on any atom is 0.421 e. The molecule has 0 radical (unpaired) electrons. The van der Waals surface area contributed by atoms with Crippen molar-refractivity contribution < 1.29 is 31.4 Å². The number of alkyl halides is 3. The molecular weight excluding hydrogens is 507 g/mol. The lowest BCUT2D eigenvalue weighted by Gasteiger charge is -2.44. The highest BCUT2D eigenvalue weighted by Gasteiger charge is 2.51. The van der Waals surface area contributed by atoms with Crippen LogP contribution in [0, 0.1) is 0 Å². The van der Waals surface area contributed by atoms with Crippen LogP contribution >= 0.6 is 11.3 Å². The maximum atomic E-state index is 13.2. The molecule has 0 saturated carbocycles. The first-order valence-electron chi connectivity index (χ1n) is 11.1. The molecule has 0 aliphatic carbocycles. The number of sulfonamides is 1. The van der Waals surface area contributed by atoms with Crippen LogP contribution in [0.25, 0.3) is 0 Å². The Morgan fingerprint density at radius 3 is 2.54 bits per heavy atom. The molecule has 0 amide bonds. The third-order valence-corrected chi connectivity index (χ3v) is 9.73. The molecular formula is C21H28F3N5O4S2. The van der Waals surface area contributed by atoms with Crippen LogP contribution in [-0.4, -0.2) is 96.9 Å². The number of halogens is 3. The Morgan fingerprint density at radius 1 is 1.23 bits per heavy atom. The molecule has 0 bridgehead atoms. The largest absolute Gasteiger partial charge is 0.421 e. The van der Waals surface area contributed by atoms with Crippen LogP contribution in [-0.2, 0) is 20.4 Å². The number of ether oxygens (including phenoxy) is 1. The van der Waals surface area contributed by atoms with E-state index in [9.17, 15) is 26.7 Å². The van der Waals surface area contributed by atoms with Crippen LogP contribution < -0.4 is 4.90 Å². The Morgan fingerprint density at radius 2 is 1.94 bits per heavy atom. The van der Waals surface area contributed by atoms with Crippen molar-refractivity contribution in [2.24, 2.45) is 0 Å². The molecule has 0 aromatic carbocycles. The molecule has 2 aliphatic rings. The van der Waals surface area contributed by atoms with Gasteiger partial charge < -0.3 is 14.7 Å². The predicted molar refractivity (Wildman–Crippen MR) is 124 cm³/mol. The van der Waals surface area contributed by atoms with E-state index in [1.807, 2.05) is 11.8 Å². The fourth-order valence-corrected chi connectivity index (χ4v) is 6.80. The summed E-state index contributed by atoms with van der Waals surface area (Å²) in [5.41, 5.74) is -3.55. The van der Waals surface area contributed by atoms with Gasteiger partial charge in [-0.2, -0.15) is 17.5 Å². The summed E-state index contributed by atoms with van der Waals surface area (Å²) in [6.45, 7) is 5.61. The number of nitrogens with zero attached hydrogens (tertiary/aromatic N) is 5. The van der Waals surface area contributed by atoms with Crippen LogP contribution in [0.15, 0.2) is 34.1 Å². The van der Waals surface area contributed by atoms with Gasteiger partial charge in [0.25, 0.3) is 10.0 Å². The Labute approximate surface area is 206 Å². The van der Waals surface area contributed by atoms with Crippen molar-refractivity contribution in [1.29, 1.82) is 0 Å². The fourth-order valence-electron chi connectivity index (χ4n) is 4.19. The van der Waals surface area contributed by atoms with Crippen LogP contribution in [0.4, 0.5) is 19.1 Å². The van der Waals surface area contributed by atoms with Crippen molar-refractivity contribution in [3.8, 4) is 0 Å². The van der Waals surface area contributed by atoms with Gasteiger partial charge in [-0.25, -0.2) is 18.4 Å². The van der Waals surface area contributed by atoms with Crippen molar-refractivity contribution in [3.63, 3.8) is 0 Å². The number of hydrogen-bond acceptors (Lipinski definition) is 9. The third kappa shape index (κ3) is 5.32. The molecule has 2 aromatic heterocycles. The van der Waals surface area contributed by atoms with Crippen molar-refractivity contribution in [2.45, 2.75) is 41.9 Å². The predicted octanol–water partition coefficient (Wildman–Crippen LogP) is 1.91. The molecule has 4 rings (SSSR count). The number of hydrogen-bond donors (Lipinski definition) is 1. The van der Waals surface area contributed by atoms with E-state index in [-0.39, 0.29) is 41.9 Å². The molecule has 4 heterocycles. The normalized spacial score (nSPS) is 24.9. The van der Waals surface area contributed by atoms with Gasteiger partial charge in [0.15, 0.2) is 5.60 Å². The highest BCUT2D eigenvalue weighted by Crippen LogP contribution is 2.38. The van der Waals surface area contributed by atoms with E-state index in [2.05, 4.69) is 14.9 Å². The van der Waals surface area contributed by atoms with Crippen molar-refractivity contribution in [3.05, 3.63) is 35.5 Å². The molecule has 1 N–H and O–H groups in total. The standard InChI is InChI=1S/C21H28F3N5O4S2/c1-15-14-33-8-7-27(15)12-17-13-28(35(31,32)18-4-3-9-34-18)5-6-29(17)19-25-10-16(11-26-19)20(2,30)21(22,23)24/h3-4,9-11,15,17,30H,5-8,12-14H2,1-2H3. The van der Waals surface area contributed by atoms with E-state index < -0.39 is 27.4 Å². The van der Waals surface area contributed by atoms with Gasteiger partial charge in [-0.15, -0.1) is 11.3 Å². The van der Waals surface area contributed by atoms with E-state index in [1.54, 1.807) is 17.5 Å². The molecule has 35 heavy (non-hydrogen) atoms. The lowest BCUT2D eigenvalue weighted by Crippen LogP contribution is -2.60. The first-order valence-corrected chi connectivity index (χ1v) is 13.5. The Bertz CT molecular complexity index is 1100. The van der Waals surface area contributed by atoms with Crippen molar-refractivity contribution in [1.82, 2.24) is 19.2 Å². The summed E-state index contributed by atoms with van der Waals surface area (Å²) < 4.78 is 73.2. The van der Waals surface area contributed by atoms with E-state index in [0.29, 0.717) is 33.2 Å². The molecule has 2 aliphatic heterocycles. The number of aliphatic hydroxyl groups is 1.